The lowest BCUT2D eigenvalue weighted by Gasteiger charge is -2.21. The highest BCUT2D eigenvalue weighted by atomic mass is 31.2. The van der Waals surface area contributed by atoms with Gasteiger partial charge in [-0.2, -0.15) is 0 Å². The smallest absolute Gasteiger partial charge is 0.462 e. The van der Waals surface area contributed by atoms with Crippen molar-refractivity contribution in [2.75, 3.05) is 39.6 Å². The second kappa shape index (κ2) is 66.0. The number of carbonyl (C=O) groups is 4. The maximum absolute atomic E-state index is 13.1. The molecule has 0 bridgehead atoms. The largest absolute Gasteiger partial charge is 0.472 e. The lowest BCUT2D eigenvalue weighted by Crippen LogP contribution is -2.30. The van der Waals surface area contributed by atoms with E-state index in [9.17, 15) is 43.2 Å². The number of hydrogen-bond donors (Lipinski definition) is 3. The third-order valence-corrected chi connectivity index (χ3v) is 19.1. The summed E-state index contributed by atoms with van der Waals surface area (Å²) < 4.78 is 68.4. The van der Waals surface area contributed by atoms with Gasteiger partial charge in [-0.05, 0) is 37.5 Å². The van der Waals surface area contributed by atoms with Crippen LogP contribution in [0.4, 0.5) is 0 Å². The zero-order valence-electron chi connectivity index (χ0n) is 60.6. The molecule has 0 aliphatic heterocycles. The Morgan fingerprint density at radius 3 is 0.731 bits per heavy atom. The van der Waals surface area contributed by atoms with Gasteiger partial charge in [0.1, 0.15) is 19.3 Å². The van der Waals surface area contributed by atoms with Gasteiger partial charge in [-0.1, -0.05) is 330 Å². The molecule has 0 aromatic carbocycles. The Kier molecular flexibility index (Phi) is 64.6. The van der Waals surface area contributed by atoms with Crippen LogP contribution in [0, 0.1) is 11.8 Å². The Bertz CT molecular complexity index is 1800. The van der Waals surface area contributed by atoms with E-state index >= 15 is 0 Å². The standard InChI is InChI=1S/C74H144O17P2/c1-7-9-11-13-15-17-19-21-22-23-24-25-31-35-39-47-53-59-74(79)90-69(62-84-71(76)56-50-44-37-33-30-27-26-28-32-36-42-48-54-66(3)4)64-88-92(80,81)86-60-68(75)61-87-93(82,83)89-65-70(63-85-72(77)57-51-45-41-40-43-49-55-67(5)6)91-73(78)58-52-46-38-34-29-20-18-16-14-12-10-8-2/h66-70,75H,7-65H2,1-6H3,(H,80,81)(H,82,83)/t68-,69-,70-/m1/s1. The predicted octanol–water partition coefficient (Wildman–Crippen LogP) is 21.6. The summed E-state index contributed by atoms with van der Waals surface area (Å²) in [5.41, 5.74) is 0. The summed E-state index contributed by atoms with van der Waals surface area (Å²) in [4.78, 5) is 72.7. The SMILES string of the molecule is CCCCCCCCCCCCCCCCCCCC(=O)O[C@H](COC(=O)CCCCCCCCCCCCCCC(C)C)COP(=O)(O)OC[C@@H](O)COP(=O)(O)OC[C@@H](COC(=O)CCCCCCCCC(C)C)OC(=O)CCCCCCCCCCCCCC. The van der Waals surface area contributed by atoms with Crippen LogP contribution in [0.25, 0.3) is 0 Å². The summed E-state index contributed by atoms with van der Waals surface area (Å²) in [6.07, 6.45) is 52.8. The quantitative estimate of drug-likeness (QED) is 0.0222. The molecule has 0 heterocycles. The number of aliphatic hydroxyl groups excluding tert-OH is 1. The van der Waals surface area contributed by atoms with Crippen molar-refractivity contribution in [3.63, 3.8) is 0 Å². The third kappa shape index (κ3) is 68.4. The number of phosphoric ester groups is 2. The van der Waals surface area contributed by atoms with E-state index in [2.05, 4.69) is 41.5 Å². The van der Waals surface area contributed by atoms with Gasteiger partial charge in [-0.3, -0.25) is 37.3 Å². The number of carbonyl (C=O) groups excluding carboxylic acids is 4. The van der Waals surface area contributed by atoms with E-state index in [-0.39, 0.29) is 25.7 Å². The summed E-state index contributed by atoms with van der Waals surface area (Å²) >= 11 is 0. The van der Waals surface area contributed by atoms with Crippen molar-refractivity contribution < 1.29 is 80.2 Å². The highest BCUT2D eigenvalue weighted by molar-refractivity contribution is 7.47. The first kappa shape index (κ1) is 91.1. The molecule has 5 atom stereocenters. The van der Waals surface area contributed by atoms with Crippen molar-refractivity contribution >= 4 is 39.5 Å². The fourth-order valence-corrected chi connectivity index (χ4v) is 12.9. The first-order chi connectivity index (χ1) is 44.9. The minimum absolute atomic E-state index is 0.106. The number of aliphatic hydroxyl groups is 1. The molecule has 93 heavy (non-hydrogen) atoms. The first-order valence-electron chi connectivity index (χ1n) is 38.5. The van der Waals surface area contributed by atoms with Gasteiger partial charge in [0.2, 0.25) is 0 Å². The number of phosphoric acid groups is 2. The normalized spacial score (nSPS) is 14.1. The van der Waals surface area contributed by atoms with Crippen LogP contribution >= 0.6 is 15.6 Å². The lowest BCUT2D eigenvalue weighted by atomic mass is 10.0. The van der Waals surface area contributed by atoms with Crippen molar-refractivity contribution in [2.45, 2.75) is 400 Å². The minimum atomic E-state index is -4.96. The van der Waals surface area contributed by atoms with Crippen LogP contribution in [0.2, 0.25) is 0 Å². The van der Waals surface area contributed by atoms with Crippen LogP contribution in [0.1, 0.15) is 382 Å². The Hall–Kier alpha value is -1.94. The molecular weight excluding hydrogens is 1220 g/mol. The topological polar surface area (TPSA) is 237 Å². The summed E-state index contributed by atoms with van der Waals surface area (Å²) in [5.74, 6) is -0.657. The van der Waals surface area contributed by atoms with Crippen molar-refractivity contribution in [1.29, 1.82) is 0 Å². The fourth-order valence-electron chi connectivity index (χ4n) is 11.3. The Morgan fingerprint density at radius 2 is 0.495 bits per heavy atom. The Balaban J connectivity index is 5.23. The van der Waals surface area contributed by atoms with Crippen molar-refractivity contribution in [1.82, 2.24) is 0 Å². The van der Waals surface area contributed by atoms with Gasteiger partial charge in [0.05, 0.1) is 26.4 Å². The highest BCUT2D eigenvalue weighted by Gasteiger charge is 2.30. The maximum atomic E-state index is 13.1. The van der Waals surface area contributed by atoms with Crippen LogP contribution in [0.5, 0.6) is 0 Å². The van der Waals surface area contributed by atoms with Crippen molar-refractivity contribution in [2.24, 2.45) is 11.8 Å². The maximum Gasteiger partial charge on any atom is 0.472 e. The lowest BCUT2D eigenvalue weighted by molar-refractivity contribution is -0.161. The molecule has 2 unspecified atom stereocenters. The molecular formula is C74H144O17P2. The molecule has 0 saturated heterocycles. The zero-order chi connectivity index (χ0) is 68.6. The van der Waals surface area contributed by atoms with Crippen LogP contribution in [-0.2, 0) is 65.4 Å². The monoisotopic (exact) mass is 1370 g/mol. The van der Waals surface area contributed by atoms with Gasteiger partial charge in [0.15, 0.2) is 12.2 Å². The first-order valence-corrected chi connectivity index (χ1v) is 41.5. The van der Waals surface area contributed by atoms with Crippen LogP contribution in [-0.4, -0.2) is 96.7 Å². The third-order valence-electron chi connectivity index (χ3n) is 17.2. The number of hydrogen-bond acceptors (Lipinski definition) is 15. The van der Waals surface area contributed by atoms with E-state index in [1.165, 1.54) is 193 Å². The molecule has 0 radical (unpaired) electrons. The van der Waals surface area contributed by atoms with E-state index in [1.54, 1.807) is 0 Å². The van der Waals surface area contributed by atoms with E-state index in [0.717, 1.165) is 102 Å². The van der Waals surface area contributed by atoms with Gasteiger partial charge in [-0.15, -0.1) is 0 Å². The summed E-state index contributed by atoms with van der Waals surface area (Å²) in [6.45, 7) is 9.51. The van der Waals surface area contributed by atoms with Crippen molar-refractivity contribution in [3.05, 3.63) is 0 Å². The van der Waals surface area contributed by atoms with Gasteiger partial charge < -0.3 is 33.8 Å². The van der Waals surface area contributed by atoms with E-state index in [4.69, 9.17) is 37.0 Å². The molecule has 3 N–H and O–H groups in total. The fraction of sp³-hybridized carbons (Fsp3) is 0.946. The molecule has 19 heteroatoms. The van der Waals surface area contributed by atoms with Gasteiger partial charge in [-0.25, -0.2) is 9.13 Å². The van der Waals surface area contributed by atoms with E-state index in [0.29, 0.717) is 31.6 Å². The van der Waals surface area contributed by atoms with Crippen molar-refractivity contribution in [3.8, 4) is 0 Å². The van der Waals surface area contributed by atoms with Gasteiger partial charge in [0, 0.05) is 25.7 Å². The molecule has 0 spiro atoms. The molecule has 0 aliphatic rings. The molecule has 0 aromatic rings. The summed E-state index contributed by atoms with van der Waals surface area (Å²) in [6, 6.07) is 0. The van der Waals surface area contributed by atoms with Gasteiger partial charge >= 0.3 is 39.5 Å². The molecule has 0 amide bonds. The minimum Gasteiger partial charge on any atom is -0.462 e. The molecule has 0 saturated carbocycles. The van der Waals surface area contributed by atoms with Gasteiger partial charge in [0.25, 0.3) is 0 Å². The molecule has 552 valence electrons. The highest BCUT2D eigenvalue weighted by Crippen LogP contribution is 2.45. The predicted molar refractivity (Wildman–Crippen MR) is 377 cm³/mol. The van der Waals surface area contributed by atoms with E-state index in [1.807, 2.05) is 0 Å². The zero-order valence-corrected chi connectivity index (χ0v) is 62.3. The van der Waals surface area contributed by atoms with Crippen LogP contribution < -0.4 is 0 Å². The molecule has 0 rings (SSSR count). The average Bonchev–Trinajstić information content (AvgIpc) is 2.02. The molecule has 17 nitrogen and oxygen atoms in total. The summed E-state index contributed by atoms with van der Waals surface area (Å²) in [5, 5.41) is 10.6. The Morgan fingerprint density at radius 1 is 0.290 bits per heavy atom. The summed E-state index contributed by atoms with van der Waals surface area (Å²) in [7, 11) is -9.91. The molecule has 0 aliphatic carbocycles. The second-order valence-electron chi connectivity index (χ2n) is 27.6. The average molecular weight is 1370 g/mol. The van der Waals surface area contributed by atoms with Crippen LogP contribution in [0.3, 0.4) is 0 Å². The number of ether oxygens (including phenoxy) is 4. The second-order valence-corrected chi connectivity index (χ2v) is 30.5. The molecule has 0 aromatic heterocycles. The van der Waals surface area contributed by atoms with Crippen LogP contribution in [0.15, 0.2) is 0 Å². The number of esters is 4. The Labute approximate surface area is 568 Å². The number of rotatable bonds is 73. The van der Waals surface area contributed by atoms with E-state index < -0.39 is 97.5 Å². The molecule has 0 fully saturated rings. The number of unbranched alkanes of at least 4 members (excludes halogenated alkanes) is 43.